The Bertz CT molecular complexity index is 261. The van der Waals surface area contributed by atoms with Gasteiger partial charge in [-0.3, -0.25) is 4.79 Å². The number of nitrogens with two attached hydrogens (primary N) is 1. The zero-order valence-corrected chi connectivity index (χ0v) is 11.2. The summed E-state index contributed by atoms with van der Waals surface area (Å²) in [6.45, 7) is 1.50. The highest BCUT2D eigenvalue weighted by Crippen LogP contribution is 2.24. The molecule has 0 heterocycles. The molecular weight excluding hydrogens is 228 g/mol. The molecule has 1 amide bonds. The summed E-state index contributed by atoms with van der Waals surface area (Å²) >= 11 is 0. The Morgan fingerprint density at radius 2 is 1.94 bits per heavy atom. The third-order valence-electron chi connectivity index (χ3n) is 3.99. The maximum atomic E-state index is 11.3. The van der Waals surface area contributed by atoms with Gasteiger partial charge in [0, 0.05) is 19.3 Å². The van der Waals surface area contributed by atoms with Gasteiger partial charge in [0.15, 0.2) is 0 Å². The minimum atomic E-state index is -0.247. The second-order valence-corrected chi connectivity index (χ2v) is 5.76. The smallest absolute Gasteiger partial charge is 0.234 e. The van der Waals surface area contributed by atoms with Gasteiger partial charge in [0.1, 0.15) is 0 Å². The third kappa shape index (κ3) is 4.94. The summed E-state index contributed by atoms with van der Waals surface area (Å²) in [7, 11) is 0. The number of ether oxygens (including phenoxy) is 1. The molecule has 2 rings (SSSR count). The molecule has 4 nitrogen and oxygen atoms in total. The van der Waals surface area contributed by atoms with E-state index in [9.17, 15) is 4.79 Å². The van der Waals surface area contributed by atoms with Gasteiger partial charge < -0.3 is 15.8 Å². The van der Waals surface area contributed by atoms with Gasteiger partial charge in [0.25, 0.3) is 0 Å². The Hall–Kier alpha value is -0.610. The summed E-state index contributed by atoms with van der Waals surface area (Å²) in [5.41, 5.74) is 5.38. The molecule has 1 atom stereocenters. The van der Waals surface area contributed by atoms with E-state index in [2.05, 4.69) is 5.32 Å². The Morgan fingerprint density at radius 3 is 2.56 bits per heavy atom. The maximum absolute atomic E-state index is 11.3. The highest BCUT2D eigenvalue weighted by atomic mass is 16.5. The second kappa shape index (κ2) is 7.10. The first-order valence-electron chi connectivity index (χ1n) is 7.39. The lowest BCUT2D eigenvalue weighted by Gasteiger charge is -2.22. The van der Waals surface area contributed by atoms with Gasteiger partial charge in [0.2, 0.25) is 5.91 Å². The van der Waals surface area contributed by atoms with E-state index < -0.39 is 0 Å². The van der Waals surface area contributed by atoms with Crippen molar-refractivity contribution in [2.24, 2.45) is 11.7 Å². The van der Waals surface area contributed by atoms with Crippen molar-refractivity contribution < 1.29 is 9.53 Å². The fraction of sp³-hybridized carbons (Fsp3) is 0.929. The quantitative estimate of drug-likeness (QED) is 0.646. The zero-order valence-electron chi connectivity index (χ0n) is 11.2. The van der Waals surface area contributed by atoms with Crippen LogP contribution in [0, 0.1) is 5.92 Å². The largest absolute Gasteiger partial charge is 0.381 e. The van der Waals surface area contributed by atoms with Crippen molar-refractivity contribution in [1.29, 1.82) is 0 Å². The molecule has 0 bridgehead atoms. The number of rotatable bonds is 8. The summed E-state index contributed by atoms with van der Waals surface area (Å²) in [4.78, 5) is 11.3. The van der Waals surface area contributed by atoms with Gasteiger partial charge in [-0.15, -0.1) is 0 Å². The van der Waals surface area contributed by atoms with Crippen LogP contribution in [0.25, 0.3) is 0 Å². The van der Waals surface area contributed by atoms with Crippen molar-refractivity contribution in [3.05, 3.63) is 0 Å². The minimum absolute atomic E-state index is 0.205. The summed E-state index contributed by atoms with van der Waals surface area (Å²) in [6.07, 6.45) is 9.74. The van der Waals surface area contributed by atoms with E-state index in [1.54, 1.807) is 0 Å². The van der Waals surface area contributed by atoms with Crippen LogP contribution in [-0.4, -0.2) is 31.2 Å². The highest BCUT2D eigenvalue weighted by molar-refractivity contribution is 5.79. The number of hydrogen-bond donors (Lipinski definition) is 2. The van der Waals surface area contributed by atoms with E-state index >= 15 is 0 Å². The Balaban J connectivity index is 1.55. The van der Waals surface area contributed by atoms with Gasteiger partial charge in [-0.2, -0.15) is 0 Å². The van der Waals surface area contributed by atoms with Crippen LogP contribution in [0.3, 0.4) is 0 Å². The van der Waals surface area contributed by atoms with Crippen LogP contribution in [-0.2, 0) is 9.53 Å². The van der Waals surface area contributed by atoms with Gasteiger partial charge in [-0.25, -0.2) is 0 Å². The monoisotopic (exact) mass is 254 g/mol. The lowest BCUT2D eigenvalue weighted by molar-refractivity contribution is -0.120. The van der Waals surface area contributed by atoms with Crippen LogP contribution in [0.4, 0.5) is 0 Å². The fourth-order valence-electron chi connectivity index (χ4n) is 2.65. The van der Waals surface area contributed by atoms with Crippen LogP contribution >= 0.6 is 0 Å². The van der Waals surface area contributed by atoms with E-state index in [1.807, 2.05) is 0 Å². The van der Waals surface area contributed by atoms with E-state index in [0.29, 0.717) is 19.1 Å². The standard InChI is InChI=1S/C14H26N2O2/c15-14(17)13(16-12-6-7-12)8-9-18-10-11-4-2-1-3-5-11/h11-13,16H,1-10H2,(H2,15,17). The van der Waals surface area contributed by atoms with Gasteiger partial charge in [0.05, 0.1) is 6.04 Å². The molecule has 2 aliphatic carbocycles. The third-order valence-corrected chi connectivity index (χ3v) is 3.99. The first-order chi connectivity index (χ1) is 8.75. The topological polar surface area (TPSA) is 64.4 Å². The molecule has 0 aliphatic heterocycles. The van der Waals surface area contributed by atoms with E-state index in [1.165, 1.54) is 44.9 Å². The molecule has 2 saturated carbocycles. The number of hydrogen-bond acceptors (Lipinski definition) is 3. The Kier molecular flexibility index (Phi) is 5.45. The predicted octanol–water partition coefficient (Wildman–Crippen LogP) is 1.58. The van der Waals surface area contributed by atoms with Crippen LogP contribution in [0.1, 0.15) is 51.4 Å². The molecule has 4 heteroatoms. The summed E-state index contributed by atoms with van der Waals surface area (Å²) in [6, 6.07) is 0.310. The number of nitrogens with one attached hydrogen (secondary N) is 1. The fourth-order valence-corrected chi connectivity index (χ4v) is 2.65. The number of carbonyl (C=O) groups is 1. The molecule has 2 aliphatic rings. The summed E-state index contributed by atoms with van der Waals surface area (Å²) < 4.78 is 5.71. The number of amides is 1. The molecule has 0 saturated heterocycles. The molecule has 18 heavy (non-hydrogen) atoms. The minimum Gasteiger partial charge on any atom is -0.381 e. The Morgan fingerprint density at radius 1 is 1.22 bits per heavy atom. The first-order valence-corrected chi connectivity index (χ1v) is 7.39. The van der Waals surface area contributed by atoms with E-state index in [-0.39, 0.29) is 11.9 Å². The molecular formula is C14H26N2O2. The van der Waals surface area contributed by atoms with Gasteiger partial charge in [-0.05, 0) is 38.0 Å². The average Bonchev–Trinajstić information content (AvgIpc) is 3.18. The molecule has 0 aromatic heterocycles. The number of carbonyl (C=O) groups excluding carboxylic acids is 1. The van der Waals surface area contributed by atoms with Gasteiger partial charge in [-0.1, -0.05) is 19.3 Å². The Labute approximate surface area is 110 Å². The number of primary amides is 1. The van der Waals surface area contributed by atoms with Crippen LogP contribution in [0.5, 0.6) is 0 Å². The summed E-state index contributed by atoms with van der Waals surface area (Å²) in [5.74, 6) is 0.491. The zero-order chi connectivity index (χ0) is 12.8. The van der Waals surface area contributed by atoms with Crippen LogP contribution in [0.2, 0.25) is 0 Å². The predicted molar refractivity (Wildman–Crippen MR) is 71.2 cm³/mol. The molecule has 1 unspecified atom stereocenters. The second-order valence-electron chi connectivity index (χ2n) is 5.76. The molecule has 0 aromatic rings. The van der Waals surface area contributed by atoms with Crippen molar-refractivity contribution in [2.75, 3.05) is 13.2 Å². The molecule has 3 N–H and O–H groups in total. The van der Waals surface area contributed by atoms with E-state index in [4.69, 9.17) is 10.5 Å². The van der Waals surface area contributed by atoms with E-state index in [0.717, 1.165) is 12.5 Å². The molecule has 0 radical (unpaired) electrons. The van der Waals surface area contributed by atoms with Crippen molar-refractivity contribution >= 4 is 5.91 Å². The lowest BCUT2D eigenvalue weighted by atomic mass is 9.90. The van der Waals surface area contributed by atoms with Crippen molar-refractivity contribution in [2.45, 2.75) is 63.5 Å². The molecule has 2 fully saturated rings. The van der Waals surface area contributed by atoms with Crippen molar-refractivity contribution in [3.8, 4) is 0 Å². The lowest BCUT2D eigenvalue weighted by Crippen LogP contribution is -2.43. The van der Waals surface area contributed by atoms with Crippen molar-refractivity contribution in [3.63, 3.8) is 0 Å². The molecule has 0 aromatic carbocycles. The maximum Gasteiger partial charge on any atom is 0.234 e. The molecule has 104 valence electrons. The summed E-state index contributed by atoms with van der Waals surface area (Å²) in [5, 5.41) is 3.27. The average molecular weight is 254 g/mol. The SMILES string of the molecule is NC(=O)C(CCOCC1CCCCC1)NC1CC1. The normalized spacial score (nSPS) is 22.9. The van der Waals surface area contributed by atoms with Crippen LogP contribution < -0.4 is 11.1 Å². The van der Waals surface area contributed by atoms with Crippen LogP contribution in [0.15, 0.2) is 0 Å². The molecule has 0 spiro atoms. The highest BCUT2D eigenvalue weighted by Gasteiger charge is 2.27. The van der Waals surface area contributed by atoms with Gasteiger partial charge >= 0.3 is 0 Å². The first kappa shape index (κ1) is 13.8. The van der Waals surface area contributed by atoms with Crippen molar-refractivity contribution in [1.82, 2.24) is 5.32 Å².